The molecule has 1 N–H and O–H groups in total. The van der Waals surface area contributed by atoms with Crippen LogP contribution in [0.5, 0.6) is 0 Å². The molecule has 7 heteroatoms. The Bertz CT molecular complexity index is 400. The lowest BCUT2D eigenvalue weighted by atomic mass is 9.64. The highest BCUT2D eigenvalue weighted by atomic mass is 35.7. The lowest BCUT2D eigenvalue weighted by Gasteiger charge is -2.42. The first-order chi connectivity index (χ1) is 7.78. The van der Waals surface area contributed by atoms with Gasteiger partial charge in [0.25, 0.3) is 0 Å². The van der Waals surface area contributed by atoms with Gasteiger partial charge in [-0.3, -0.25) is 8.98 Å². The Labute approximate surface area is 113 Å². The molecule has 0 spiro atoms. The molecular weight excluding hydrogens is 280 g/mol. The number of rotatable bonds is 7. The minimum absolute atomic E-state index is 0.0851. The standard InChI is InChI=1S/C11H21ClO5S/c1-8(9(13)14)6-10(2,3)11(4,5)7-17-18(12,15)16/h8H,6-7H2,1-5H3,(H,13,14). The van der Waals surface area contributed by atoms with E-state index in [9.17, 15) is 13.2 Å². The van der Waals surface area contributed by atoms with Gasteiger partial charge in [-0.2, -0.15) is 8.42 Å². The van der Waals surface area contributed by atoms with Crippen LogP contribution in [0.2, 0.25) is 0 Å². The fourth-order valence-electron chi connectivity index (χ4n) is 1.54. The zero-order valence-corrected chi connectivity index (χ0v) is 12.9. The van der Waals surface area contributed by atoms with E-state index in [-0.39, 0.29) is 6.61 Å². The van der Waals surface area contributed by atoms with Crippen LogP contribution >= 0.6 is 10.7 Å². The van der Waals surface area contributed by atoms with Gasteiger partial charge in [-0.25, -0.2) is 0 Å². The normalized spacial score (nSPS) is 15.4. The van der Waals surface area contributed by atoms with Crippen LogP contribution in [0, 0.1) is 16.7 Å². The molecule has 0 aliphatic heterocycles. The topological polar surface area (TPSA) is 80.7 Å². The van der Waals surface area contributed by atoms with E-state index in [0.717, 1.165) is 0 Å². The molecule has 0 heterocycles. The van der Waals surface area contributed by atoms with Crippen LogP contribution in [0.25, 0.3) is 0 Å². The van der Waals surface area contributed by atoms with Crippen molar-refractivity contribution >= 4 is 26.0 Å². The lowest BCUT2D eigenvalue weighted by Crippen LogP contribution is -2.39. The molecule has 0 aromatic rings. The maximum absolute atomic E-state index is 10.9. The van der Waals surface area contributed by atoms with E-state index < -0.39 is 32.0 Å². The molecule has 0 saturated heterocycles. The minimum Gasteiger partial charge on any atom is -0.481 e. The summed E-state index contributed by atoms with van der Waals surface area (Å²) >= 11 is 0. The fourth-order valence-corrected chi connectivity index (χ4v) is 2.11. The molecule has 1 atom stereocenters. The highest BCUT2D eigenvalue weighted by Gasteiger charge is 2.40. The zero-order valence-electron chi connectivity index (χ0n) is 11.4. The molecule has 0 amide bonds. The van der Waals surface area contributed by atoms with Crippen LogP contribution in [0.1, 0.15) is 41.0 Å². The lowest BCUT2D eigenvalue weighted by molar-refractivity contribution is -0.143. The van der Waals surface area contributed by atoms with Crippen LogP contribution in [-0.2, 0) is 18.3 Å². The third-order valence-corrected chi connectivity index (χ3v) is 4.30. The summed E-state index contributed by atoms with van der Waals surface area (Å²) in [4.78, 5) is 10.9. The molecular formula is C11H21ClO5S. The average Bonchev–Trinajstić information content (AvgIpc) is 2.12. The van der Waals surface area contributed by atoms with Crippen LogP contribution in [0.4, 0.5) is 0 Å². The first-order valence-electron chi connectivity index (χ1n) is 5.60. The Kier molecular flexibility index (Phi) is 5.65. The van der Waals surface area contributed by atoms with Gasteiger partial charge < -0.3 is 5.11 Å². The Balaban J connectivity index is 4.79. The molecule has 0 bridgehead atoms. The van der Waals surface area contributed by atoms with Gasteiger partial charge in [0.2, 0.25) is 0 Å². The smallest absolute Gasteiger partial charge is 0.355 e. The second kappa shape index (κ2) is 5.75. The predicted molar refractivity (Wildman–Crippen MR) is 69.7 cm³/mol. The van der Waals surface area contributed by atoms with Gasteiger partial charge >= 0.3 is 15.3 Å². The second-order valence-electron chi connectivity index (χ2n) is 5.87. The minimum atomic E-state index is -4.01. The number of carboxylic acids is 1. The molecule has 1 unspecified atom stereocenters. The monoisotopic (exact) mass is 300 g/mol. The highest BCUT2D eigenvalue weighted by Crippen LogP contribution is 2.43. The summed E-state index contributed by atoms with van der Waals surface area (Å²) in [6.45, 7) is 8.96. The first-order valence-corrected chi connectivity index (χ1v) is 7.84. The van der Waals surface area contributed by atoms with Crippen molar-refractivity contribution < 1.29 is 22.5 Å². The van der Waals surface area contributed by atoms with Crippen LogP contribution in [-0.4, -0.2) is 26.1 Å². The SMILES string of the molecule is CC(CC(C)(C)C(C)(C)COS(=O)(=O)Cl)C(=O)O. The summed E-state index contributed by atoms with van der Waals surface area (Å²) in [5, 5.41) is 8.92. The van der Waals surface area contributed by atoms with E-state index in [1.807, 2.05) is 27.7 Å². The maximum atomic E-state index is 10.9. The Hall–Kier alpha value is -0.330. The Morgan fingerprint density at radius 3 is 2.06 bits per heavy atom. The summed E-state index contributed by atoms with van der Waals surface area (Å²) < 4.78 is 26.2. The van der Waals surface area contributed by atoms with Gasteiger partial charge in [-0.15, -0.1) is 0 Å². The number of hydrogen-bond donors (Lipinski definition) is 1. The van der Waals surface area contributed by atoms with Crippen LogP contribution in [0.15, 0.2) is 0 Å². The average molecular weight is 301 g/mol. The zero-order chi connectivity index (χ0) is 14.8. The van der Waals surface area contributed by atoms with Gasteiger partial charge in [-0.05, 0) is 17.3 Å². The van der Waals surface area contributed by atoms with Crippen molar-refractivity contribution in [3.63, 3.8) is 0 Å². The molecule has 0 fully saturated rings. The molecule has 0 aliphatic rings. The van der Waals surface area contributed by atoms with Crippen molar-refractivity contribution in [2.24, 2.45) is 16.7 Å². The number of hydrogen-bond acceptors (Lipinski definition) is 4. The molecule has 0 aliphatic carbocycles. The van der Waals surface area contributed by atoms with E-state index in [2.05, 4.69) is 4.18 Å². The second-order valence-corrected chi connectivity index (χ2v) is 8.02. The number of halogens is 1. The van der Waals surface area contributed by atoms with E-state index in [0.29, 0.717) is 6.42 Å². The molecule has 0 saturated carbocycles. The summed E-state index contributed by atoms with van der Waals surface area (Å²) in [5.74, 6) is -1.38. The third kappa shape index (κ3) is 5.54. The van der Waals surface area contributed by atoms with Gasteiger partial charge in [0, 0.05) is 10.7 Å². The van der Waals surface area contributed by atoms with Crippen molar-refractivity contribution in [2.75, 3.05) is 6.61 Å². The summed E-state index contributed by atoms with van der Waals surface area (Å²) in [5.41, 5.74) is -0.939. The van der Waals surface area contributed by atoms with Crippen molar-refractivity contribution in [3.8, 4) is 0 Å². The van der Waals surface area contributed by atoms with E-state index in [1.54, 1.807) is 6.92 Å². The van der Waals surface area contributed by atoms with Gasteiger partial charge in [0.1, 0.15) is 0 Å². The summed E-state index contributed by atoms with van der Waals surface area (Å²) in [7, 11) is 0.995. The Morgan fingerprint density at radius 1 is 1.28 bits per heavy atom. The van der Waals surface area contributed by atoms with Gasteiger partial charge in [0.15, 0.2) is 0 Å². The van der Waals surface area contributed by atoms with Crippen LogP contribution < -0.4 is 0 Å². The Morgan fingerprint density at radius 2 is 1.72 bits per heavy atom. The number of carbonyl (C=O) groups is 1. The van der Waals surface area contributed by atoms with Gasteiger partial charge in [0.05, 0.1) is 12.5 Å². The van der Waals surface area contributed by atoms with Crippen molar-refractivity contribution in [1.82, 2.24) is 0 Å². The predicted octanol–water partition coefficient (Wildman–Crippen LogP) is 2.65. The number of carboxylic acid groups (broad SMARTS) is 1. The molecule has 5 nitrogen and oxygen atoms in total. The van der Waals surface area contributed by atoms with Crippen molar-refractivity contribution in [2.45, 2.75) is 41.0 Å². The molecule has 0 radical (unpaired) electrons. The van der Waals surface area contributed by atoms with Crippen LogP contribution in [0.3, 0.4) is 0 Å². The van der Waals surface area contributed by atoms with Gasteiger partial charge in [-0.1, -0.05) is 34.6 Å². The summed E-state index contributed by atoms with van der Waals surface area (Å²) in [6.07, 6.45) is 0.418. The van der Waals surface area contributed by atoms with E-state index >= 15 is 0 Å². The number of aliphatic carboxylic acids is 1. The quantitative estimate of drug-likeness (QED) is 0.731. The van der Waals surface area contributed by atoms with E-state index in [4.69, 9.17) is 15.8 Å². The van der Waals surface area contributed by atoms with E-state index in [1.165, 1.54) is 0 Å². The first kappa shape index (κ1) is 17.7. The molecule has 0 aromatic heterocycles. The van der Waals surface area contributed by atoms with Crippen molar-refractivity contribution in [3.05, 3.63) is 0 Å². The van der Waals surface area contributed by atoms with Crippen molar-refractivity contribution in [1.29, 1.82) is 0 Å². The third-order valence-electron chi connectivity index (χ3n) is 3.63. The molecule has 108 valence electrons. The molecule has 0 rings (SSSR count). The molecule has 18 heavy (non-hydrogen) atoms. The highest BCUT2D eigenvalue weighted by molar-refractivity contribution is 8.09. The maximum Gasteiger partial charge on any atom is 0.355 e. The fraction of sp³-hybridized carbons (Fsp3) is 0.909. The molecule has 0 aromatic carbocycles. The summed E-state index contributed by atoms with van der Waals surface area (Å²) in [6, 6.07) is 0. The largest absolute Gasteiger partial charge is 0.481 e.